The Labute approximate surface area is 268 Å². The molecule has 0 heterocycles. The van der Waals surface area contributed by atoms with E-state index >= 15 is 0 Å². The molecule has 3 atom stereocenters. The van der Waals surface area contributed by atoms with E-state index in [1.165, 1.54) is 45.0 Å². The fourth-order valence-corrected chi connectivity index (χ4v) is 4.90. The zero-order chi connectivity index (χ0) is 33.9. The van der Waals surface area contributed by atoms with Crippen molar-refractivity contribution >= 4 is 35.1 Å². The molecule has 9 nitrogen and oxygen atoms in total. The molecule has 0 aliphatic rings. The quantitative estimate of drug-likeness (QED) is 0.195. The van der Waals surface area contributed by atoms with Gasteiger partial charge in [0.1, 0.15) is 11.6 Å². The van der Waals surface area contributed by atoms with Gasteiger partial charge in [-0.1, -0.05) is 86.6 Å². The van der Waals surface area contributed by atoms with E-state index < -0.39 is 58.5 Å². The van der Waals surface area contributed by atoms with Gasteiger partial charge in [0.15, 0.2) is 5.78 Å². The summed E-state index contributed by atoms with van der Waals surface area (Å²) in [7, 11) is 0. The highest BCUT2D eigenvalue weighted by molar-refractivity contribution is 6.38. The molecule has 46 heavy (non-hydrogen) atoms. The predicted molar refractivity (Wildman–Crippen MR) is 171 cm³/mol. The van der Waals surface area contributed by atoms with E-state index in [0.717, 1.165) is 11.1 Å². The number of hydrogen-bond acceptors (Lipinski definition) is 6. The van der Waals surface area contributed by atoms with Crippen molar-refractivity contribution < 1.29 is 33.2 Å². The molecule has 0 fully saturated rings. The van der Waals surface area contributed by atoms with Gasteiger partial charge < -0.3 is 16.4 Å². The molecule has 0 bridgehead atoms. The summed E-state index contributed by atoms with van der Waals surface area (Å²) in [6, 6.07) is 21.0. The van der Waals surface area contributed by atoms with Gasteiger partial charge in [0.05, 0.1) is 17.5 Å². The first kappa shape index (κ1) is 35.5. The lowest BCUT2D eigenvalue weighted by Crippen LogP contribution is -2.52. The Kier molecular flexibility index (Phi) is 12.6. The number of nitrogens with one attached hydrogen (secondary N) is 2. The molecule has 3 amide bonds. The lowest BCUT2D eigenvalue weighted by atomic mass is 9.84. The first-order valence-electron chi connectivity index (χ1n) is 15.1. The average Bonchev–Trinajstić information content (AvgIpc) is 3.01. The first-order valence-corrected chi connectivity index (χ1v) is 15.1. The number of benzene rings is 3. The number of amides is 3. The smallest absolute Gasteiger partial charge is 0.290 e. The van der Waals surface area contributed by atoms with Crippen molar-refractivity contribution in [3.63, 3.8) is 0 Å². The molecule has 10 heteroatoms. The number of hydrogen-bond donors (Lipinski definition) is 3. The standard InChI is InChI=1S/C36H40FN3O6/c1-23(32(43)34(45)40-30(20-25-12-8-5-9-13-25)31(42)22-36(2,3)35(38)46)39-33(44)27(18-26-14-16-28(37)17-15-26)21-29(41)19-24-10-6-4-7-11-24/h4-17,23,27,30H,18-22H2,1-3H3,(H2,38,46)(H,39,44)(H,40,45). The van der Waals surface area contributed by atoms with E-state index in [0.29, 0.717) is 5.56 Å². The third-order valence-electron chi connectivity index (χ3n) is 7.72. The predicted octanol–water partition coefficient (Wildman–Crippen LogP) is 3.46. The number of nitrogens with two attached hydrogens (primary N) is 1. The Morgan fingerprint density at radius 3 is 1.87 bits per heavy atom. The molecule has 0 saturated carbocycles. The van der Waals surface area contributed by atoms with Crippen LogP contribution in [0.25, 0.3) is 0 Å². The number of Topliss-reactive ketones (excluding diaryl/α,β-unsaturated/α-hetero) is 3. The highest BCUT2D eigenvalue weighted by Crippen LogP contribution is 2.22. The molecule has 0 radical (unpaired) electrons. The van der Waals surface area contributed by atoms with Crippen LogP contribution in [-0.2, 0) is 48.0 Å². The summed E-state index contributed by atoms with van der Waals surface area (Å²) in [4.78, 5) is 77.7. The molecule has 4 N–H and O–H groups in total. The van der Waals surface area contributed by atoms with Crippen molar-refractivity contribution in [1.29, 1.82) is 0 Å². The SMILES string of the molecule is CC(NC(=O)C(CC(=O)Cc1ccccc1)Cc1ccc(F)cc1)C(=O)C(=O)NC(Cc1ccccc1)C(=O)CC(C)(C)C(N)=O. The molecule has 3 aromatic carbocycles. The van der Waals surface area contributed by atoms with E-state index in [9.17, 15) is 33.2 Å². The summed E-state index contributed by atoms with van der Waals surface area (Å²) < 4.78 is 13.5. The molecular formula is C36H40FN3O6. The lowest BCUT2D eigenvalue weighted by molar-refractivity contribution is -0.141. The monoisotopic (exact) mass is 629 g/mol. The van der Waals surface area contributed by atoms with E-state index in [2.05, 4.69) is 10.6 Å². The Bertz CT molecular complexity index is 1540. The molecule has 0 aliphatic heterocycles. The third kappa shape index (κ3) is 10.9. The normalized spacial score (nSPS) is 13.1. The summed E-state index contributed by atoms with van der Waals surface area (Å²) in [6.45, 7) is 4.37. The Balaban J connectivity index is 1.72. The topological polar surface area (TPSA) is 152 Å². The fourth-order valence-electron chi connectivity index (χ4n) is 4.90. The van der Waals surface area contributed by atoms with E-state index in [4.69, 9.17) is 5.73 Å². The molecule has 0 spiro atoms. The number of rotatable bonds is 17. The second-order valence-electron chi connectivity index (χ2n) is 12.1. The minimum absolute atomic E-state index is 0.0670. The van der Waals surface area contributed by atoms with Crippen molar-refractivity contribution in [2.24, 2.45) is 17.1 Å². The van der Waals surface area contributed by atoms with Crippen LogP contribution in [0.3, 0.4) is 0 Å². The van der Waals surface area contributed by atoms with Crippen molar-refractivity contribution in [3.05, 3.63) is 107 Å². The van der Waals surface area contributed by atoms with Crippen LogP contribution in [0.2, 0.25) is 0 Å². The van der Waals surface area contributed by atoms with E-state index in [1.54, 1.807) is 54.6 Å². The van der Waals surface area contributed by atoms with Crippen LogP contribution in [0.5, 0.6) is 0 Å². The summed E-state index contributed by atoms with van der Waals surface area (Å²) in [5.74, 6) is -5.43. The molecule has 0 saturated heterocycles. The second-order valence-corrected chi connectivity index (χ2v) is 12.1. The van der Waals surface area contributed by atoms with Crippen LogP contribution in [0.1, 0.15) is 50.3 Å². The number of ketones is 3. The maximum atomic E-state index is 13.5. The number of halogens is 1. The second kappa shape index (κ2) is 16.4. The average molecular weight is 630 g/mol. The van der Waals surface area contributed by atoms with Crippen LogP contribution >= 0.6 is 0 Å². The highest BCUT2D eigenvalue weighted by atomic mass is 19.1. The van der Waals surface area contributed by atoms with Gasteiger partial charge in [-0.15, -0.1) is 0 Å². The van der Waals surface area contributed by atoms with E-state index in [-0.39, 0.29) is 37.9 Å². The van der Waals surface area contributed by atoms with Gasteiger partial charge in [-0.25, -0.2) is 4.39 Å². The Morgan fingerprint density at radius 2 is 1.30 bits per heavy atom. The largest absolute Gasteiger partial charge is 0.369 e. The molecular weight excluding hydrogens is 589 g/mol. The van der Waals surface area contributed by atoms with Gasteiger partial charge in [0.2, 0.25) is 17.6 Å². The third-order valence-corrected chi connectivity index (χ3v) is 7.72. The van der Waals surface area contributed by atoms with Crippen LogP contribution in [0.4, 0.5) is 4.39 Å². The van der Waals surface area contributed by atoms with Crippen molar-refractivity contribution in [1.82, 2.24) is 10.6 Å². The molecule has 0 aromatic heterocycles. The number of primary amides is 1. The molecule has 0 aliphatic carbocycles. The summed E-state index contributed by atoms with van der Waals surface area (Å²) in [5, 5.41) is 5.03. The van der Waals surface area contributed by atoms with Crippen LogP contribution < -0.4 is 16.4 Å². The van der Waals surface area contributed by atoms with Crippen molar-refractivity contribution in [3.8, 4) is 0 Å². The van der Waals surface area contributed by atoms with Gasteiger partial charge in [0, 0.05) is 25.2 Å². The molecule has 242 valence electrons. The van der Waals surface area contributed by atoms with Gasteiger partial charge in [-0.2, -0.15) is 0 Å². The maximum absolute atomic E-state index is 13.5. The fraction of sp³-hybridized carbons (Fsp3) is 0.333. The van der Waals surface area contributed by atoms with Gasteiger partial charge in [0.25, 0.3) is 5.91 Å². The van der Waals surface area contributed by atoms with Gasteiger partial charge >= 0.3 is 0 Å². The van der Waals surface area contributed by atoms with Gasteiger partial charge in [-0.3, -0.25) is 28.8 Å². The highest BCUT2D eigenvalue weighted by Gasteiger charge is 2.34. The van der Waals surface area contributed by atoms with Crippen LogP contribution in [0.15, 0.2) is 84.9 Å². The number of carbonyl (C=O) groups is 6. The molecule has 3 rings (SSSR count). The maximum Gasteiger partial charge on any atom is 0.290 e. The zero-order valence-corrected chi connectivity index (χ0v) is 26.3. The zero-order valence-electron chi connectivity index (χ0n) is 26.3. The Hall–Kier alpha value is -4.99. The van der Waals surface area contributed by atoms with Crippen molar-refractivity contribution in [2.75, 3.05) is 0 Å². The number of carbonyl (C=O) groups excluding carboxylic acids is 6. The molecule has 3 aromatic rings. The van der Waals surface area contributed by atoms with Gasteiger partial charge in [-0.05, 0) is 48.6 Å². The summed E-state index contributed by atoms with van der Waals surface area (Å²) in [5.41, 5.74) is 6.38. The Morgan fingerprint density at radius 1 is 0.761 bits per heavy atom. The minimum atomic E-state index is -1.29. The molecule has 3 unspecified atom stereocenters. The first-order chi connectivity index (χ1) is 21.7. The van der Waals surface area contributed by atoms with E-state index in [1.807, 2.05) is 6.07 Å². The van der Waals surface area contributed by atoms with Crippen LogP contribution in [-0.4, -0.2) is 47.2 Å². The van der Waals surface area contributed by atoms with Crippen LogP contribution in [0, 0.1) is 17.2 Å². The van der Waals surface area contributed by atoms with Crippen molar-refractivity contribution in [2.45, 2.75) is 65.0 Å². The lowest BCUT2D eigenvalue weighted by Gasteiger charge is -2.24. The summed E-state index contributed by atoms with van der Waals surface area (Å²) in [6.07, 6.45) is -0.133. The minimum Gasteiger partial charge on any atom is -0.369 e. The summed E-state index contributed by atoms with van der Waals surface area (Å²) >= 11 is 0.